The number of hydrogen-bond donors (Lipinski definition) is 1. The summed E-state index contributed by atoms with van der Waals surface area (Å²) in [6.45, 7) is 10.4. The smallest absolute Gasteiger partial charge is 0.0931 e. The highest BCUT2D eigenvalue weighted by molar-refractivity contribution is 7.16. The number of nitrogens with one attached hydrogen (secondary N) is 1. The predicted octanol–water partition coefficient (Wildman–Crippen LogP) is 3.24. The van der Waals surface area contributed by atoms with E-state index in [1.54, 1.807) is 11.3 Å². The van der Waals surface area contributed by atoms with Gasteiger partial charge in [-0.15, -0.1) is 11.3 Å². The van der Waals surface area contributed by atoms with Crippen LogP contribution in [-0.2, 0) is 11.3 Å². The Balaban J connectivity index is 1.80. The minimum atomic E-state index is 0.606. The van der Waals surface area contributed by atoms with Crippen LogP contribution in [-0.4, -0.2) is 43.8 Å². The molecule has 0 amide bonds. The first-order valence-electron chi connectivity index (χ1n) is 7.42. The maximum Gasteiger partial charge on any atom is 0.0931 e. The number of nitrogens with zero attached hydrogens (tertiary/aromatic N) is 1. The molecule has 0 radical (unpaired) electrons. The van der Waals surface area contributed by atoms with Gasteiger partial charge in [0.05, 0.1) is 17.6 Å². The van der Waals surface area contributed by atoms with Gasteiger partial charge in [-0.25, -0.2) is 0 Å². The van der Waals surface area contributed by atoms with Crippen molar-refractivity contribution in [1.82, 2.24) is 10.2 Å². The number of ether oxygens (including phenoxy) is 1. The van der Waals surface area contributed by atoms with Gasteiger partial charge in [0.15, 0.2) is 0 Å². The number of rotatable bonds is 7. The lowest BCUT2D eigenvalue weighted by molar-refractivity contribution is 0.0123. The monoisotopic (exact) mass is 316 g/mol. The number of thiophene rings is 1. The second-order valence-corrected chi connectivity index (χ2v) is 7.57. The van der Waals surface area contributed by atoms with Crippen molar-refractivity contribution in [3.05, 3.63) is 21.3 Å². The van der Waals surface area contributed by atoms with Crippen molar-refractivity contribution in [2.45, 2.75) is 32.9 Å². The zero-order valence-corrected chi connectivity index (χ0v) is 14.0. The maximum atomic E-state index is 5.96. The van der Waals surface area contributed by atoms with E-state index in [1.807, 2.05) is 6.07 Å². The van der Waals surface area contributed by atoms with E-state index in [1.165, 1.54) is 11.3 Å². The zero-order valence-electron chi connectivity index (χ0n) is 12.4. The van der Waals surface area contributed by atoms with Crippen LogP contribution in [0.25, 0.3) is 0 Å². The molecule has 114 valence electrons. The standard InChI is InChI=1S/C15H25ClN2OS/c1-12(2)9-13(18-5-7-19-8-6-18)10-17-11-14-3-4-15(16)20-14/h3-4,12-13,17H,5-11H2,1-2H3. The van der Waals surface area contributed by atoms with Gasteiger partial charge in [-0.2, -0.15) is 0 Å². The molecule has 1 atom stereocenters. The molecule has 0 aliphatic carbocycles. The summed E-state index contributed by atoms with van der Waals surface area (Å²) in [5.41, 5.74) is 0. The van der Waals surface area contributed by atoms with Crippen LogP contribution in [0.15, 0.2) is 12.1 Å². The third-order valence-corrected chi connectivity index (χ3v) is 4.84. The quantitative estimate of drug-likeness (QED) is 0.836. The van der Waals surface area contributed by atoms with Crippen LogP contribution in [0.2, 0.25) is 4.34 Å². The molecule has 5 heteroatoms. The summed E-state index contributed by atoms with van der Waals surface area (Å²) in [7, 11) is 0. The van der Waals surface area contributed by atoms with Crippen molar-refractivity contribution < 1.29 is 4.74 Å². The Bertz CT molecular complexity index is 391. The molecule has 1 aromatic rings. The third kappa shape index (κ3) is 5.34. The van der Waals surface area contributed by atoms with Crippen LogP contribution in [0.1, 0.15) is 25.1 Å². The Hall–Kier alpha value is -0.130. The van der Waals surface area contributed by atoms with E-state index in [2.05, 4.69) is 30.1 Å². The molecule has 1 aliphatic rings. The van der Waals surface area contributed by atoms with E-state index in [0.29, 0.717) is 6.04 Å². The Morgan fingerprint density at radius 3 is 2.70 bits per heavy atom. The van der Waals surface area contributed by atoms with Gasteiger partial charge in [0.2, 0.25) is 0 Å². The van der Waals surface area contributed by atoms with E-state index in [4.69, 9.17) is 16.3 Å². The van der Waals surface area contributed by atoms with Crippen molar-refractivity contribution >= 4 is 22.9 Å². The number of morpholine rings is 1. The van der Waals surface area contributed by atoms with Crippen LogP contribution in [0.5, 0.6) is 0 Å². The Morgan fingerprint density at radius 1 is 1.35 bits per heavy atom. The lowest BCUT2D eigenvalue weighted by atomic mass is 10.0. The Labute approximate surface area is 131 Å². The minimum Gasteiger partial charge on any atom is -0.379 e. The molecular formula is C15H25ClN2OS. The molecule has 0 aromatic carbocycles. The van der Waals surface area contributed by atoms with Gasteiger partial charge in [-0.05, 0) is 24.5 Å². The summed E-state index contributed by atoms with van der Waals surface area (Å²) < 4.78 is 6.33. The molecule has 0 spiro atoms. The summed E-state index contributed by atoms with van der Waals surface area (Å²) in [5, 5.41) is 3.59. The second-order valence-electron chi connectivity index (χ2n) is 5.77. The number of hydrogen-bond acceptors (Lipinski definition) is 4. The molecule has 1 fully saturated rings. The topological polar surface area (TPSA) is 24.5 Å². The van der Waals surface area contributed by atoms with E-state index >= 15 is 0 Å². The highest BCUT2D eigenvalue weighted by Crippen LogP contribution is 2.21. The van der Waals surface area contributed by atoms with Gasteiger partial charge in [-0.3, -0.25) is 4.90 Å². The molecule has 0 bridgehead atoms. The first-order chi connectivity index (χ1) is 9.65. The predicted molar refractivity (Wildman–Crippen MR) is 86.7 cm³/mol. The van der Waals surface area contributed by atoms with Gasteiger partial charge in [0, 0.05) is 37.1 Å². The van der Waals surface area contributed by atoms with Gasteiger partial charge in [0.25, 0.3) is 0 Å². The van der Waals surface area contributed by atoms with Crippen molar-refractivity contribution in [3.8, 4) is 0 Å². The molecule has 1 unspecified atom stereocenters. The van der Waals surface area contributed by atoms with Gasteiger partial charge >= 0.3 is 0 Å². The molecule has 0 saturated carbocycles. The first kappa shape index (κ1) is 16.2. The normalized spacial score (nSPS) is 18.6. The molecule has 3 nitrogen and oxygen atoms in total. The summed E-state index contributed by atoms with van der Waals surface area (Å²) in [4.78, 5) is 3.87. The molecule has 1 aromatic heterocycles. The average molecular weight is 317 g/mol. The van der Waals surface area contributed by atoms with E-state index in [-0.39, 0.29) is 0 Å². The fraction of sp³-hybridized carbons (Fsp3) is 0.733. The van der Waals surface area contributed by atoms with E-state index in [0.717, 1.165) is 49.6 Å². The first-order valence-corrected chi connectivity index (χ1v) is 8.61. The fourth-order valence-electron chi connectivity index (χ4n) is 2.66. The van der Waals surface area contributed by atoms with Crippen molar-refractivity contribution in [3.63, 3.8) is 0 Å². The highest BCUT2D eigenvalue weighted by atomic mass is 35.5. The van der Waals surface area contributed by atoms with Crippen LogP contribution >= 0.6 is 22.9 Å². The minimum absolute atomic E-state index is 0.606. The molecular weight excluding hydrogens is 292 g/mol. The fourth-order valence-corrected chi connectivity index (χ4v) is 3.71. The SMILES string of the molecule is CC(C)CC(CNCc1ccc(Cl)s1)N1CCOCC1. The summed E-state index contributed by atoms with van der Waals surface area (Å²) in [5.74, 6) is 0.723. The maximum absolute atomic E-state index is 5.96. The molecule has 2 heterocycles. The molecule has 1 saturated heterocycles. The van der Waals surface area contributed by atoms with Gasteiger partial charge in [-0.1, -0.05) is 25.4 Å². The molecule has 2 rings (SSSR count). The van der Waals surface area contributed by atoms with Gasteiger partial charge in [0.1, 0.15) is 0 Å². The van der Waals surface area contributed by atoms with Crippen molar-refractivity contribution in [2.24, 2.45) is 5.92 Å². The van der Waals surface area contributed by atoms with Crippen LogP contribution in [0.4, 0.5) is 0 Å². The average Bonchev–Trinajstić information content (AvgIpc) is 2.84. The van der Waals surface area contributed by atoms with Crippen LogP contribution in [0.3, 0.4) is 0 Å². The van der Waals surface area contributed by atoms with Crippen molar-refractivity contribution in [1.29, 1.82) is 0 Å². The summed E-state index contributed by atoms with van der Waals surface area (Å²) >= 11 is 7.62. The second kappa shape index (κ2) is 8.35. The lowest BCUT2D eigenvalue weighted by Gasteiger charge is -2.35. The Morgan fingerprint density at radius 2 is 2.10 bits per heavy atom. The lowest BCUT2D eigenvalue weighted by Crippen LogP contribution is -2.48. The summed E-state index contributed by atoms with van der Waals surface area (Å²) in [6, 6.07) is 4.68. The molecule has 20 heavy (non-hydrogen) atoms. The number of halogens is 1. The molecule has 1 N–H and O–H groups in total. The van der Waals surface area contributed by atoms with E-state index < -0.39 is 0 Å². The third-order valence-electron chi connectivity index (χ3n) is 3.61. The summed E-state index contributed by atoms with van der Waals surface area (Å²) in [6.07, 6.45) is 1.23. The van der Waals surface area contributed by atoms with Crippen LogP contribution < -0.4 is 5.32 Å². The van der Waals surface area contributed by atoms with Crippen molar-refractivity contribution in [2.75, 3.05) is 32.8 Å². The van der Waals surface area contributed by atoms with Gasteiger partial charge < -0.3 is 10.1 Å². The largest absolute Gasteiger partial charge is 0.379 e. The molecule has 1 aliphatic heterocycles. The Kier molecular flexibility index (Phi) is 6.78. The highest BCUT2D eigenvalue weighted by Gasteiger charge is 2.21. The van der Waals surface area contributed by atoms with Crippen LogP contribution in [0, 0.1) is 5.92 Å². The zero-order chi connectivity index (χ0) is 14.4. The van der Waals surface area contributed by atoms with E-state index in [9.17, 15) is 0 Å².